The van der Waals surface area contributed by atoms with E-state index in [0.29, 0.717) is 12.5 Å². The zero-order chi connectivity index (χ0) is 32.8. The first-order valence-corrected chi connectivity index (χ1v) is 17.3. The van der Waals surface area contributed by atoms with Gasteiger partial charge >= 0.3 is 5.97 Å². The van der Waals surface area contributed by atoms with Crippen molar-refractivity contribution < 1.29 is 24.5 Å². The lowest BCUT2D eigenvalue weighted by Crippen LogP contribution is -2.44. The molecule has 0 aromatic heterocycles. The lowest BCUT2D eigenvalue weighted by molar-refractivity contribution is 0.0386. The van der Waals surface area contributed by atoms with E-state index in [1.165, 1.54) is 11.1 Å². The molecule has 4 aliphatic rings. The van der Waals surface area contributed by atoms with Crippen molar-refractivity contribution in [2.45, 2.75) is 64.4 Å². The third-order valence-electron chi connectivity index (χ3n) is 9.15. The summed E-state index contributed by atoms with van der Waals surface area (Å²) >= 11 is 6.44. The molecule has 1 aromatic rings. The number of carboxylic acids is 1. The number of aromatic carboxylic acids is 1. The molecule has 9 heteroatoms. The molecule has 2 aliphatic carbocycles. The van der Waals surface area contributed by atoms with Crippen molar-refractivity contribution in [1.29, 1.82) is 0 Å². The highest BCUT2D eigenvalue weighted by Gasteiger charge is 2.38. The van der Waals surface area contributed by atoms with Gasteiger partial charge in [-0.15, -0.1) is 18.2 Å². The minimum atomic E-state index is -0.946. The largest absolute Gasteiger partial charge is 0.491 e. The van der Waals surface area contributed by atoms with Crippen molar-refractivity contribution in [3.05, 3.63) is 59.7 Å². The highest BCUT2D eigenvalue weighted by Crippen LogP contribution is 2.42. The maximum absolute atomic E-state index is 11.7. The van der Waals surface area contributed by atoms with Gasteiger partial charge in [-0.1, -0.05) is 51.0 Å². The van der Waals surface area contributed by atoms with Crippen LogP contribution in [0.1, 0.15) is 63.2 Å². The number of aliphatic hydroxyl groups is 1. The number of fused-ring (bicyclic) bond motifs is 1. The Hall–Kier alpha value is -2.36. The number of allylic oxidation sites excluding steroid dienone is 3. The van der Waals surface area contributed by atoms with Crippen LogP contribution in [-0.4, -0.2) is 98.7 Å². The normalized spacial score (nSPS) is 25.2. The molecule has 1 saturated carbocycles. The number of alkyl halides is 1. The van der Waals surface area contributed by atoms with Crippen LogP contribution in [0.3, 0.4) is 0 Å². The molecule has 2 heterocycles. The van der Waals surface area contributed by atoms with Crippen molar-refractivity contribution in [2.24, 2.45) is 17.8 Å². The van der Waals surface area contributed by atoms with E-state index in [2.05, 4.69) is 40.8 Å². The van der Waals surface area contributed by atoms with Gasteiger partial charge in [-0.05, 0) is 68.3 Å². The lowest BCUT2D eigenvalue weighted by Gasteiger charge is -2.42. The number of carboxylic acid groups (broad SMARTS) is 1. The van der Waals surface area contributed by atoms with E-state index in [9.17, 15) is 15.0 Å². The summed E-state index contributed by atoms with van der Waals surface area (Å²) in [5, 5.41) is 23.1. The smallest absolute Gasteiger partial charge is 0.335 e. The maximum atomic E-state index is 11.7. The van der Waals surface area contributed by atoms with E-state index in [1.807, 2.05) is 20.9 Å². The quantitative estimate of drug-likeness (QED) is 0.199. The van der Waals surface area contributed by atoms with Gasteiger partial charge in [0.2, 0.25) is 0 Å². The van der Waals surface area contributed by atoms with Gasteiger partial charge in [-0.2, -0.15) is 0 Å². The molecular formula is C36H56ClN3O5. The van der Waals surface area contributed by atoms with Crippen LogP contribution < -0.4 is 15.0 Å². The number of ether oxygens (including phenoxy) is 2. The zero-order valence-corrected chi connectivity index (χ0v) is 28.6. The van der Waals surface area contributed by atoms with Crippen LogP contribution in [0.15, 0.2) is 54.2 Å². The Kier molecular flexibility index (Phi) is 15.9. The number of benzene rings is 1. The molecule has 0 radical (unpaired) electrons. The second kappa shape index (κ2) is 19.3. The van der Waals surface area contributed by atoms with Crippen LogP contribution in [0.5, 0.6) is 5.75 Å². The Morgan fingerprint density at radius 2 is 2.00 bits per heavy atom. The van der Waals surface area contributed by atoms with Crippen molar-refractivity contribution in [3.8, 4) is 5.75 Å². The average molecular weight is 646 g/mol. The second-order valence-electron chi connectivity index (χ2n) is 12.1. The highest BCUT2D eigenvalue weighted by atomic mass is 35.5. The minimum Gasteiger partial charge on any atom is -0.491 e. The molecule has 1 aromatic carbocycles. The minimum absolute atomic E-state index is 0.0320. The molecular weight excluding hydrogens is 590 g/mol. The number of likely N-dealkylation sites (N-methyl/N-ethyl adjacent to an activating group) is 1. The van der Waals surface area contributed by atoms with Crippen LogP contribution in [-0.2, 0) is 4.74 Å². The second-order valence-corrected chi connectivity index (χ2v) is 12.6. The first-order chi connectivity index (χ1) is 21.8. The standard InChI is InChI=1S/C27H34ClNO4.C7H16N2O.C2H6/c1-3-5-17-12-21(28)8-10-22(17)20-15-29(14-19-6-9-23(19)25(30)4-2)24-13-18(27(31)32)7-11-26(24)33-16-20;1-8-2-3-9-4-6-10-7-5-9;1-2/h4,7-8,10-11,13,19-21,23,25,30H,2-3,5-6,9,12,14-16H2,1H3,(H,31,32);8H,2-7H2,1H3;1-2H3. The molecule has 45 heavy (non-hydrogen) atoms. The van der Waals surface area contributed by atoms with Gasteiger partial charge in [-0.25, -0.2) is 4.79 Å². The summed E-state index contributed by atoms with van der Waals surface area (Å²) in [7, 11) is 1.99. The fourth-order valence-corrected chi connectivity index (χ4v) is 6.79. The number of hydrogen-bond donors (Lipinski definition) is 3. The summed E-state index contributed by atoms with van der Waals surface area (Å²) in [5.41, 5.74) is 3.78. The number of morpholine rings is 1. The summed E-state index contributed by atoms with van der Waals surface area (Å²) in [4.78, 5) is 16.4. The van der Waals surface area contributed by atoms with Crippen molar-refractivity contribution in [1.82, 2.24) is 10.2 Å². The van der Waals surface area contributed by atoms with Crippen LogP contribution >= 0.6 is 11.6 Å². The number of rotatable bonds is 11. The van der Waals surface area contributed by atoms with Gasteiger partial charge in [0.15, 0.2) is 0 Å². The molecule has 0 spiro atoms. The first-order valence-electron chi connectivity index (χ1n) is 16.9. The van der Waals surface area contributed by atoms with Crippen LogP contribution in [0.2, 0.25) is 0 Å². The van der Waals surface area contributed by atoms with Gasteiger partial charge in [0, 0.05) is 45.2 Å². The molecule has 5 rings (SSSR count). The fraction of sp³-hybridized carbons (Fsp3) is 0.639. The molecule has 2 aliphatic heterocycles. The summed E-state index contributed by atoms with van der Waals surface area (Å²) in [6, 6.07) is 5.11. The Bertz CT molecular complexity index is 1140. The predicted molar refractivity (Wildman–Crippen MR) is 185 cm³/mol. The molecule has 0 amide bonds. The number of aliphatic hydroxyl groups excluding tert-OH is 1. The maximum Gasteiger partial charge on any atom is 0.335 e. The third kappa shape index (κ3) is 10.6. The monoisotopic (exact) mass is 645 g/mol. The summed E-state index contributed by atoms with van der Waals surface area (Å²) in [6.07, 6.45) is 10.3. The van der Waals surface area contributed by atoms with Gasteiger partial charge in [-0.3, -0.25) is 4.90 Å². The predicted octanol–water partition coefficient (Wildman–Crippen LogP) is 6.00. The Labute approximate surface area is 276 Å². The molecule has 252 valence electrons. The molecule has 1 saturated heterocycles. The van der Waals surface area contributed by atoms with E-state index in [0.717, 1.165) is 96.0 Å². The van der Waals surface area contributed by atoms with Gasteiger partial charge in [0.1, 0.15) is 5.75 Å². The van der Waals surface area contributed by atoms with Crippen LogP contribution in [0.25, 0.3) is 0 Å². The third-order valence-corrected chi connectivity index (χ3v) is 9.45. The summed E-state index contributed by atoms with van der Waals surface area (Å²) < 4.78 is 11.5. The number of carbonyl (C=O) groups is 1. The molecule has 3 N–H and O–H groups in total. The number of halogens is 1. The molecule has 2 fully saturated rings. The SMILES string of the molecule is C=CC(O)C1CCC1CN1CC(C2=C(CCC)CC(Cl)C=C2)COc2ccc(C(=O)O)cc21.CC.CNCCN1CCOCC1. The van der Waals surface area contributed by atoms with Gasteiger partial charge in [0.25, 0.3) is 0 Å². The van der Waals surface area contributed by atoms with E-state index in [-0.39, 0.29) is 22.8 Å². The molecule has 5 atom stereocenters. The molecule has 0 bridgehead atoms. The number of nitrogens with one attached hydrogen (secondary N) is 1. The zero-order valence-electron chi connectivity index (χ0n) is 27.8. The highest BCUT2D eigenvalue weighted by molar-refractivity contribution is 6.22. The molecule has 8 nitrogen and oxygen atoms in total. The summed E-state index contributed by atoms with van der Waals surface area (Å²) in [5.74, 6) is 0.457. The Morgan fingerprint density at radius 1 is 1.24 bits per heavy atom. The number of anilines is 1. The average Bonchev–Trinajstić information content (AvgIpc) is 3.23. The Balaban J connectivity index is 0.000000389. The van der Waals surface area contributed by atoms with Crippen molar-refractivity contribution >= 4 is 23.3 Å². The van der Waals surface area contributed by atoms with Gasteiger partial charge in [0.05, 0.1) is 42.6 Å². The molecule has 5 unspecified atom stereocenters. The van der Waals surface area contributed by atoms with Crippen LogP contribution in [0, 0.1) is 17.8 Å². The van der Waals surface area contributed by atoms with E-state index in [4.69, 9.17) is 21.1 Å². The fourth-order valence-electron chi connectivity index (χ4n) is 6.53. The van der Waals surface area contributed by atoms with Crippen LogP contribution in [0.4, 0.5) is 5.69 Å². The Morgan fingerprint density at radius 3 is 2.62 bits per heavy atom. The summed E-state index contributed by atoms with van der Waals surface area (Å²) in [6.45, 7) is 18.2. The van der Waals surface area contributed by atoms with Crippen molar-refractivity contribution in [3.63, 3.8) is 0 Å². The van der Waals surface area contributed by atoms with Crippen molar-refractivity contribution in [2.75, 3.05) is 71.0 Å². The number of nitrogens with zero attached hydrogens (tertiary/aromatic N) is 2. The van der Waals surface area contributed by atoms with E-state index >= 15 is 0 Å². The first kappa shape index (κ1) is 37.1. The van der Waals surface area contributed by atoms with Gasteiger partial charge < -0.3 is 29.9 Å². The van der Waals surface area contributed by atoms with E-state index in [1.54, 1.807) is 24.3 Å². The van der Waals surface area contributed by atoms with E-state index < -0.39 is 12.1 Å². The number of hydrogen-bond acceptors (Lipinski definition) is 7. The topological polar surface area (TPSA) is 94.5 Å². The lowest BCUT2D eigenvalue weighted by atomic mass is 9.70.